The van der Waals surface area contributed by atoms with Gasteiger partial charge in [0.25, 0.3) is 0 Å². The molecular weight excluding hydrogens is 265 g/mol. The van der Waals surface area contributed by atoms with Crippen LogP contribution in [0.25, 0.3) is 0 Å². The van der Waals surface area contributed by atoms with E-state index in [2.05, 4.69) is 37.5 Å². The SMILES string of the molecule is CCC(CC)CN(CC)Cc1ccc(F)cc1C#CCO. The number of halogens is 1. The Bertz CT molecular complexity index is 486. The van der Waals surface area contributed by atoms with E-state index in [-0.39, 0.29) is 12.4 Å². The van der Waals surface area contributed by atoms with Gasteiger partial charge in [-0.2, -0.15) is 0 Å². The van der Waals surface area contributed by atoms with E-state index >= 15 is 0 Å². The Morgan fingerprint density at radius 2 is 1.95 bits per heavy atom. The summed E-state index contributed by atoms with van der Waals surface area (Å²) < 4.78 is 13.4. The second-order valence-electron chi connectivity index (χ2n) is 5.27. The van der Waals surface area contributed by atoms with Crippen LogP contribution in [0.4, 0.5) is 4.39 Å². The Labute approximate surface area is 128 Å². The van der Waals surface area contributed by atoms with Crippen LogP contribution in [0, 0.1) is 23.6 Å². The van der Waals surface area contributed by atoms with Gasteiger partial charge in [-0.25, -0.2) is 4.39 Å². The van der Waals surface area contributed by atoms with Crippen molar-refractivity contribution in [3.05, 3.63) is 35.1 Å². The molecule has 0 heterocycles. The van der Waals surface area contributed by atoms with Crippen LogP contribution in [-0.4, -0.2) is 29.7 Å². The third-order valence-corrected chi connectivity index (χ3v) is 3.89. The first-order valence-electron chi connectivity index (χ1n) is 7.75. The monoisotopic (exact) mass is 291 g/mol. The molecule has 0 aliphatic heterocycles. The topological polar surface area (TPSA) is 23.5 Å². The number of aliphatic hydroxyl groups excluding tert-OH is 1. The highest BCUT2D eigenvalue weighted by molar-refractivity contribution is 5.41. The maximum Gasteiger partial charge on any atom is 0.124 e. The summed E-state index contributed by atoms with van der Waals surface area (Å²) in [6.45, 7) is 9.15. The number of benzene rings is 1. The first-order valence-corrected chi connectivity index (χ1v) is 7.75. The molecule has 0 saturated heterocycles. The summed E-state index contributed by atoms with van der Waals surface area (Å²) in [5.74, 6) is 5.86. The van der Waals surface area contributed by atoms with E-state index in [1.54, 1.807) is 6.07 Å². The molecule has 0 amide bonds. The van der Waals surface area contributed by atoms with Gasteiger partial charge in [-0.1, -0.05) is 51.5 Å². The maximum absolute atomic E-state index is 13.4. The van der Waals surface area contributed by atoms with Gasteiger partial charge in [0.15, 0.2) is 0 Å². The van der Waals surface area contributed by atoms with Crippen LogP contribution >= 0.6 is 0 Å². The minimum atomic E-state index is -0.288. The lowest BCUT2D eigenvalue weighted by atomic mass is 10.0. The van der Waals surface area contributed by atoms with Gasteiger partial charge in [0, 0.05) is 18.7 Å². The second-order valence-corrected chi connectivity index (χ2v) is 5.27. The number of nitrogens with zero attached hydrogens (tertiary/aromatic N) is 1. The molecule has 0 unspecified atom stereocenters. The van der Waals surface area contributed by atoms with Crippen molar-refractivity contribution in [2.75, 3.05) is 19.7 Å². The van der Waals surface area contributed by atoms with Gasteiger partial charge in [-0.05, 0) is 30.2 Å². The van der Waals surface area contributed by atoms with Crippen molar-refractivity contribution in [3.8, 4) is 11.8 Å². The van der Waals surface area contributed by atoms with E-state index in [1.807, 2.05) is 0 Å². The quantitative estimate of drug-likeness (QED) is 0.778. The average molecular weight is 291 g/mol. The summed E-state index contributed by atoms with van der Waals surface area (Å²) in [6, 6.07) is 4.72. The third-order valence-electron chi connectivity index (χ3n) is 3.89. The largest absolute Gasteiger partial charge is 0.384 e. The summed E-state index contributed by atoms with van der Waals surface area (Å²) in [6.07, 6.45) is 2.35. The molecule has 1 aromatic rings. The molecule has 21 heavy (non-hydrogen) atoms. The molecule has 0 fully saturated rings. The Balaban J connectivity index is 2.88. The van der Waals surface area contributed by atoms with Gasteiger partial charge >= 0.3 is 0 Å². The molecule has 0 bridgehead atoms. The van der Waals surface area contributed by atoms with E-state index in [1.165, 1.54) is 25.0 Å². The molecule has 0 spiro atoms. The predicted octanol–water partition coefficient (Wildman–Crippen LogP) is 3.43. The van der Waals surface area contributed by atoms with E-state index in [9.17, 15) is 4.39 Å². The summed E-state index contributed by atoms with van der Waals surface area (Å²) in [5, 5.41) is 8.82. The van der Waals surface area contributed by atoms with Gasteiger partial charge in [0.2, 0.25) is 0 Å². The third kappa shape index (κ3) is 5.87. The van der Waals surface area contributed by atoms with Crippen LogP contribution in [0.3, 0.4) is 0 Å². The van der Waals surface area contributed by atoms with Crippen LogP contribution in [0.5, 0.6) is 0 Å². The molecule has 0 aliphatic carbocycles. The van der Waals surface area contributed by atoms with Gasteiger partial charge < -0.3 is 5.11 Å². The number of rotatable bonds is 7. The molecule has 0 saturated carbocycles. The zero-order valence-corrected chi connectivity index (χ0v) is 13.3. The van der Waals surface area contributed by atoms with E-state index < -0.39 is 0 Å². The van der Waals surface area contributed by atoms with Crippen LogP contribution in [-0.2, 0) is 6.54 Å². The van der Waals surface area contributed by atoms with Gasteiger partial charge in [-0.3, -0.25) is 4.90 Å². The second kappa shape index (κ2) is 9.55. The summed E-state index contributed by atoms with van der Waals surface area (Å²) in [7, 11) is 0. The number of aliphatic hydroxyl groups is 1. The molecular formula is C18H26FNO. The Morgan fingerprint density at radius 3 is 2.52 bits per heavy atom. The molecule has 0 atom stereocenters. The summed E-state index contributed by atoms with van der Waals surface area (Å²) >= 11 is 0. The van der Waals surface area contributed by atoms with Crippen molar-refractivity contribution in [3.63, 3.8) is 0 Å². The minimum absolute atomic E-state index is 0.207. The first kappa shape index (κ1) is 17.7. The first-order chi connectivity index (χ1) is 10.1. The molecule has 1 aromatic carbocycles. The normalized spacial score (nSPS) is 10.8. The van der Waals surface area contributed by atoms with Crippen molar-refractivity contribution >= 4 is 0 Å². The van der Waals surface area contributed by atoms with Crippen LogP contribution in [0.1, 0.15) is 44.7 Å². The van der Waals surface area contributed by atoms with Gasteiger partial charge in [0.1, 0.15) is 12.4 Å². The number of hydrogen-bond acceptors (Lipinski definition) is 2. The Morgan fingerprint density at radius 1 is 1.24 bits per heavy atom. The zero-order valence-electron chi connectivity index (χ0n) is 13.3. The lowest BCUT2D eigenvalue weighted by Gasteiger charge is -2.25. The molecule has 116 valence electrons. The molecule has 2 nitrogen and oxygen atoms in total. The number of hydrogen-bond donors (Lipinski definition) is 1. The molecule has 0 aliphatic rings. The highest BCUT2D eigenvalue weighted by Gasteiger charge is 2.12. The molecule has 0 radical (unpaired) electrons. The zero-order chi connectivity index (χ0) is 15.7. The summed E-state index contributed by atoms with van der Waals surface area (Å²) in [4.78, 5) is 2.37. The molecule has 1 rings (SSSR count). The van der Waals surface area contributed by atoms with Crippen LogP contribution < -0.4 is 0 Å². The van der Waals surface area contributed by atoms with E-state index in [0.29, 0.717) is 11.5 Å². The van der Waals surface area contributed by atoms with E-state index in [4.69, 9.17) is 5.11 Å². The maximum atomic E-state index is 13.4. The van der Waals surface area contributed by atoms with Crippen molar-refractivity contribution in [1.29, 1.82) is 0 Å². The van der Waals surface area contributed by atoms with Crippen molar-refractivity contribution in [2.24, 2.45) is 5.92 Å². The molecule has 0 aromatic heterocycles. The molecule has 3 heteroatoms. The fourth-order valence-electron chi connectivity index (χ4n) is 2.40. The summed E-state index contributed by atoms with van der Waals surface area (Å²) in [5.41, 5.74) is 1.69. The van der Waals surface area contributed by atoms with Gasteiger partial charge in [0.05, 0.1) is 0 Å². The van der Waals surface area contributed by atoms with Crippen LogP contribution in [0.2, 0.25) is 0 Å². The van der Waals surface area contributed by atoms with Gasteiger partial charge in [-0.15, -0.1) is 0 Å². The lowest BCUT2D eigenvalue weighted by Crippen LogP contribution is -2.29. The highest BCUT2D eigenvalue weighted by Crippen LogP contribution is 2.16. The smallest absolute Gasteiger partial charge is 0.124 e. The van der Waals surface area contributed by atoms with Crippen molar-refractivity contribution in [1.82, 2.24) is 4.90 Å². The van der Waals surface area contributed by atoms with Crippen LogP contribution in [0.15, 0.2) is 18.2 Å². The van der Waals surface area contributed by atoms with Crippen molar-refractivity contribution < 1.29 is 9.50 Å². The standard InChI is InChI=1S/C18H26FNO/c1-4-15(5-2)13-20(6-3)14-17-9-10-18(19)12-16(17)8-7-11-21/h9-10,12,15,21H,4-6,11,13-14H2,1-3H3. The minimum Gasteiger partial charge on any atom is -0.384 e. The van der Waals surface area contributed by atoms with Crippen molar-refractivity contribution in [2.45, 2.75) is 40.2 Å². The lowest BCUT2D eigenvalue weighted by molar-refractivity contribution is 0.226. The average Bonchev–Trinajstić information content (AvgIpc) is 2.51. The molecule has 1 N–H and O–H groups in total. The Kier molecular flexibility index (Phi) is 8.04. The fourth-order valence-corrected chi connectivity index (χ4v) is 2.40. The highest BCUT2D eigenvalue weighted by atomic mass is 19.1. The Hall–Kier alpha value is -1.37. The van der Waals surface area contributed by atoms with E-state index in [0.717, 1.165) is 25.2 Å². The predicted molar refractivity (Wildman–Crippen MR) is 85.4 cm³/mol. The fraction of sp³-hybridized carbons (Fsp3) is 0.556.